The number of sulfonamides is 1. The second kappa shape index (κ2) is 7.41. The van der Waals surface area contributed by atoms with E-state index < -0.39 is 10.0 Å². The number of nitrogens with zero attached hydrogens (tertiary/aromatic N) is 1. The van der Waals surface area contributed by atoms with Gasteiger partial charge in [0.15, 0.2) is 0 Å². The average Bonchev–Trinajstić information content (AvgIpc) is 2.43. The minimum Gasteiger partial charge on any atom is -0.497 e. The SMILES string of the molecule is COc1cccc(CCN2CC(N)CC(NS(C)(=O)=O)C2)c1. The number of nitrogens with one attached hydrogen (secondary N) is 1. The van der Waals surface area contributed by atoms with Crippen molar-refractivity contribution in [2.75, 3.05) is 33.0 Å². The van der Waals surface area contributed by atoms with Gasteiger partial charge in [-0.15, -0.1) is 0 Å². The fourth-order valence-electron chi connectivity index (χ4n) is 2.92. The van der Waals surface area contributed by atoms with Gasteiger partial charge in [-0.05, 0) is 30.5 Å². The molecule has 2 atom stereocenters. The molecule has 1 saturated heterocycles. The van der Waals surface area contributed by atoms with Crippen LogP contribution in [-0.4, -0.2) is 58.4 Å². The van der Waals surface area contributed by atoms with Crippen LogP contribution in [0.15, 0.2) is 24.3 Å². The van der Waals surface area contributed by atoms with Crippen molar-refractivity contribution in [1.29, 1.82) is 0 Å². The first-order valence-corrected chi connectivity index (χ1v) is 9.33. The highest BCUT2D eigenvalue weighted by Gasteiger charge is 2.26. The molecule has 0 aliphatic carbocycles. The molecule has 1 fully saturated rings. The fourth-order valence-corrected chi connectivity index (χ4v) is 3.69. The Hall–Kier alpha value is -1.15. The molecule has 2 rings (SSSR count). The van der Waals surface area contributed by atoms with Gasteiger partial charge in [0.25, 0.3) is 0 Å². The van der Waals surface area contributed by atoms with E-state index in [0.29, 0.717) is 13.0 Å². The highest BCUT2D eigenvalue weighted by Crippen LogP contribution is 2.15. The van der Waals surface area contributed by atoms with Gasteiger partial charge in [0.1, 0.15) is 5.75 Å². The van der Waals surface area contributed by atoms with Gasteiger partial charge in [-0.3, -0.25) is 4.90 Å². The molecular weight excluding hydrogens is 302 g/mol. The Labute approximate surface area is 132 Å². The molecule has 0 saturated carbocycles. The highest BCUT2D eigenvalue weighted by molar-refractivity contribution is 7.88. The molecule has 1 aliphatic heterocycles. The van der Waals surface area contributed by atoms with Crippen molar-refractivity contribution in [2.24, 2.45) is 5.73 Å². The molecule has 1 aromatic carbocycles. The lowest BCUT2D eigenvalue weighted by atomic mass is 10.0. The summed E-state index contributed by atoms with van der Waals surface area (Å²) < 4.78 is 30.6. The number of rotatable bonds is 6. The number of hydrogen-bond acceptors (Lipinski definition) is 5. The van der Waals surface area contributed by atoms with Crippen molar-refractivity contribution in [3.05, 3.63) is 29.8 Å². The van der Waals surface area contributed by atoms with E-state index in [2.05, 4.69) is 15.7 Å². The first-order valence-electron chi connectivity index (χ1n) is 7.44. The van der Waals surface area contributed by atoms with Crippen molar-refractivity contribution >= 4 is 10.0 Å². The maximum absolute atomic E-state index is 11.4. The molecule has 0 amide bonds. The Morgan fingerprint density at radius 1 is 1.41 bits per heavy atom. The minimum atomic E-state index is -3.20. The predicted octanol–water partition coefficient (Wildman–Crippen LogP) is 0.189. The fraction of sp³-hybridized carbons (Fsp3) is 0.600. The minimum absolute atomic E-state index is 0.00157. The molecule has 1 heterocycles. The Balaban J connectivity index is 1.91. The first-order chi connectivity index (χ1) is 10.4. The molecule has 0 spiro atoms. The quantitative estimate of drug-likeness (QED) is 0.779. The Morgan fingerprint density at radius 2 is 2.18 bits per heavy atom. The van der Waals surface area contributed by atoms with E-state index in [4.69, 9.17) is 10.5 Å². The number of likely N-dealkylation sites (tertiary alicyclic amines) is 1. The summed E-state index contributed by atoms with van der Waals surface area (Å²) in [6.07, 6.45) is 2.76. The van der Waals surface area contributed by atoms with Crippen LogP contribution in [0.1, 0.15) is 12.0 Å². The van der Waals surface area contributed by atoms with Crippen LogP contribution in [0.5, 0.6) is 5.75 Å². The standard InChI is InChI=1S/C15H25N3O3S/c1-21-15-5-3-4-12(8-15)6-7-18-10-13(16)9-14(11-18)17-22(2,19)20/h3-5,8,13-14,17H,6-7,9-11,16H2,1-2H3. The first kappa shape index (κ1) is 17.2. The van der Waals surface area contributed by atoms with E-state index in [1.807, 2.05) is 18.2 Å². The molecule has 1 aliphatic rings. The monoisotopic (exact) mass is 327 g/mol. The smallest absolute Gasteiger partial charge is 0.208 e. The normalized spacial score (nSPS) is 23.4. The van der Waals surface area contributed by atoms with Gasteiger partial charge in [0.05, 0.1) is 13.4 Å². The molecule has 0 radical (unpaired) electrons. The summed E-state index contributed by atoms with van der Waals surface area (Å²) in [5.74, 6) is 0.851. The summed E-state index contributed by atoms with van der Waals surface area (Å²) in [5, 5.41) is 0. The van der Waals surface area contributed by atoms with Crippen molar-refractivity contribution in [2.45, 2.75) is 24.9 Å². The van der Waals surface area contributed by atoms with Gasteiger partial charge in [-0.1, -0.05) is 12.1 Å². The van der Waals surface area contributed by atoms with E-state index in [9.17, 15) is 8.42 Å². The molecule has 0 bridgehead atoms. The maximum Gasteiger partial charge on any atom is 0.208 e. The number of nitrogens with two attached hydrogens (primary N) is 1. The second-order valence-electron chi connectivity index (χ2n) is 5.94. The molecule has 6 nitrogen and oxygen atoms in total. The van der Waals surface area contributed by atoms with Crippen molar-refractivity contribution in [1.82, 2.24) is 9.62 Å². The van der Waals surface area contributed by atoms with Crippen molar-refractivity contribution in [3.8, 4) is 5.75 Å². The lowest BCUT2D eigenvalue weighted by molar-refractivity contribution is 0.185. The van der Waals surface area contributed by atoms with Crippen LogP contribution in [-0.2, 0) is 16.4 Å². The van der Waals surface area contributed by atoms with E-state index in [0.717, 1.165) is 25.3 Å². The van der Waals surface area contributed by atoms with E-state index in [1.54, 1.807) is 7.11 Å². The molecule has 0 aromatic heterocycles. The lowest BCUT2D eigenvalue weighted by Crippen LogP contribution is -2.55. The third kappa shape index (κ3) is 5.57. The predicted molar refractivity (Wildman–Crippen MR) is 87.5 cm³/mol. The molecular formula is C15H25N3O3S. The molecule has 7 heteroatoms. The zero-order valence-corrected chi connectivity index (χ0v) is 14.0. The third-order valence-electron chi connectivity index (χ3n) is 3.79. The summed E-state index contributed by atoms with van der Waals surface area (Å²) in [4.78, 5) is 2.22. The van der Waals surface area contributed by atoms with Gasteiger partial charge >= 0.3 is 0 Å². The zero-order valence-electron chi connectivity index (χ0n) is 13.2. The maximum atomic E-state index is 11.4. The molecule has 1 aromatic rings. The lowest BCUT2D eigenvalue weighted by Gasteiger charge is -2.36. The summed E-state index contributed by atoms with van der Waals surface area (Å²) in [6.45, 7) is 2.35. The van der Waals surface area contributed by atoms with Crippen LogP contribution >= 0.6 is 0 Å². The highest BCUT2D eigenvalue weighted by atomic mass is 32.2. The Kier molecular flexibility index (Phi) is 5.80. The van der Waals surface area contributed by atoms with Gasteiger partial charge in [0, 0.05) is 31.7 Å². The average molecular weight is 327 g/mol. The van der Waals surface area contributed by atoms with E-state index in [-0.39, 0.29) is 12.1 Å². The second-order valence-corrected chi connectivity index (χ2v) is 7.72. The third-order valence-corrected chi connectivity index (χ3v) is 4.55. The van der Waals surface area contributed by atoms with E-state index in [1.165, 1.54) is 11.8 Å². The molecule has 124 valence electrons. The molecule has 3 N–H and O–H groups in total. The number of ether oxygens (including phenoxy) is 1. The summed E-state index contributed by atoms with van der Waals surface area (Å²) >= 11 is 0. The number of piperidine rings is 1. The number of methoxy groups -OCH3 is 1. The van der Waals surface area contributed by atoms with Crippen LogP contribution < -0.4 is 15.2 Å². The largest absolute Gasteiger partial charge is 0.497 e. The van der Waals surface area contributed by atoms with Crippen LogP contribution in [0.4, 0.5) is 0 Å². The van der Waals surface area contributed by atoms with Gasteiger partial charge in [-0.25, -0.2) is 13.1 Å². The van der Waals surface area contributed by atoms with Crippen LogP contribution in [0, 0.1) is 0 Å². The molecule has 2 unspecified atom stereocenters. The number of benzene rings is 1. The van der Waals surface area contributed by atoms with Gasteiger partial charge in [-0.2, -0.15) is 0 Å². The van der Waals surface area contributed by atoms with Crippen LogP contribution in [0.3, 0.4) is 0 Å². The zero-order chi connectivity index (χ0) is 16.2. The Bertz CT molecular complexity index is 591. The van der Waals surface area contributed by atoms with Crippen molar-refractivity contribution in [3.63, 3.8) is 0 Å². The van der Waals surface area contributed by atoms with Crippen molar-refractivity contribution < 1.29 is 13.2 Å². The van der Waals surface area contributed by atoms with Crippen LogP contribution in [0.25, 0.3) is 0 Å². The molecule has 22 heavy (non-hydrogen) atoms. The summed E-state index contributed by atoms with van der Waals surface area (Å²) in [6, 6.07) is 7.88. The number of hydrogen-bond donors (Lipinski definition) is 2. The van der Waals surface area contributed by atoms with E-state index >= 15 is 0 Å². The summed E-state index contributed by atoms with van der Waals surface area (Å²) in [7, 11) is -1.54. The summed E-state index contributed by atoms with van der Waals surface area (Å²) in [5.41, 5.74) is 7.25. The van der Waals surface area contributed by atoms with Gasteiger partial charge < -0.3 is 10.5 Å². The van der Waals surface area contributed by atoms with Gasteiger partial charge in [0.2, 0.25) is 10.0 Å². The Morgan fingerprint density at radius 3 is 2.86 bits per heavy atom. The topological polar surface area (TPSA) is 84.7 Å². The van der Waals surface area contributed by atoms with Crippen LogP contribution in [0.2, 0.25) is 0 Å².